The third kappa shape index (κ3) is 4.32. The van der Waals surface area contributed by atoms with Crippen molar-refractivity contribution < 1.29 is 8.78 Å². The molecular weight excluding hydrogens is 264 g/mol. The number of allylic oxidation sites excluding steroid dienone is 2. The highest BCUT2D eigenvalue weighted by atomic mass is 32.2. The smallest absolute Gasteiger partial charge is 0.264 e. The molecule has 0 N–H and O–H groups in total. The number of halogens is 2. The van der Waals surface area contributed by atoms with Gasteiger partial charge in [0.2, 0.25) is 0 Å². The molecule has 0 bridgehead atoms. The number of thiol groups is 1. The summed E-state index contributed by atoms with van der Waals surface area (Å²) in [5.41, 5.74) is 0.229. The fourth-order valence-electron chi connectivity index (χ4n) is 3.02. The van der Waals surface area contributed by atoms with E-state index in [1.54, 1.807) is 11.5 Å². The Labute approximate surface area is 118 Å². The van der Waals surface area contributed by atoms with Crippen LogP contribution < -0.4 is 0 Å². The van der Waals surface area contributed by atoms with Gasteiger partial charge in [-0.25, -0.2) is 19.7 Å². The minimum absolute atomic E-state index is 0.229. The predicted molar refractivity (Wildman–Crippen MR) is 81.2 cm³/mol. The first kappa shape index (κ1) is 15.0. The third-order valence-electron chi connectivity index (χ3n) is 4.17. The fourth-order valence-corrected chi connectivity index (χ4v) is 4.81. The van der Waals surface area contributed by atoms with Crippen molar-refractivity contribution in [3.63, 3.8) is 0 Å². The average Bonchev–Trinajstić information content (AvgIpc) is 2.90. The van der Waals surface area contributed by atoms with Crippen LogP contribution in [0.4, 0.5) is 8.78 Å². The Hall–Kier alpha value is -0.350. The first-order chi connectivity index (χ1) is 9.20. The molecule has 1 heterocycles. The number of alkyl halides is 2. The van der Waals surface area contributed by atoms with Crippen molar-refractivity contribution in [2.75, 3.05) is 18.8 Å². The fraction of sp³-hybridized carbons (Fsp3) is 0.733. The Morgan fingerprint density at radius 1 is 1.32 bits per heavy atom. The van der Waals surface area contributed by atoms with Crippen molar-refractivity contribution in [1.82, 2.24) is 4.90 Å². The van der Waals surface area contributed by atoms with Gasteiger partial charge in [-0.3, -0.25) is 4.90 Å². The second-order valence-corrected chi connectivity index (χ2v) is 7.44. The highest BCUT2D eigenvalue weighted by Crippen LogP contribution is 2.38. The Bertz CT molecular complexity index is 335. The third-order valence-corrected chi connectivity index (χ3v) is 6.05. The van der Waals surface area contributed by atoms with Crippen molar-refractivity contribution in [3.8, 4) is 0 Å². The molecule has 2 rings (SSSR count). The van der Waals surface area contributed by atoms with Crippen LogP contribution in [0.1, 0.15) is 39.0 Å². The predicted octanol–water partition coefficient (Wildman–Crippen LogP) is 4.32. The van der Waals surface area contributed by atoms with Gasteiger partial charge in [0.15, 0.2) is 0 Å². The van der Waals surface area contributed by atoms with Crippen LogP contribution in [-0.2, 0) is 0 Å². The Kier molecular flexibility index (Phi) is 5.89. The van der Waals surface area contributed by atoms with E-state index in [0.717, 1.165) is 24.9 Å². The maximum atomic E-state index is 12.5. The van der Waals surface area contributed by atoms with Crippen LogP contribution in [0.5, 0.6) is 0 Å². The molecular formula is C15H25F2NS. The van der Waals surface area contributed by atoms with Crippen LogP contribution in [-0.4, -0.2) is 36.2 Å². The summed E-state index contributed by atoms with van der Waals surface area (Å²) in [6, 6.07) is 0.735. The van der Waals surface area contributed by atoms with Gasteiger partial charge in [0.05, 0.1) is 0 Å². The van der Waals surface area contributed by atoms with Gasteiger partial charge in [0, 0.05) is 18.2 Å². The van der Waals surface area contributed by atoms with Gasteiger partial charge in [-0.05, 0) is 42.0 Å². The van der Waals surface area contributed by atoms with Gasteiger partial charge in [-0.2, -0.15) is 0 Å². The van der Waals surface area contributed by atoms with Gasteiger partial charge in [-0.1, -0.05) is 26.2 Å². The minimum Gasteiger partial charge on any atom is -0.300 e. The van der Waals surface area contributed by atoms with E-state index in [2.05, 4.69) is 11.8 Å². The van der Waals surface area contributed by atoms with Crippen molar-refractivity contribution in [2.24, 2.45) is 0 Å². The van der Waals surface area contributed by atoms with E-state index in [1.807, 2.05) is 5.41 Å². The molecule has 1 fully saturated rings. The second-order valence-electron chi connectivity index (χ2n) is 5.40. The monoisotopic (exact) mass is 289 g/mol. The van der Waals surface area contributed by atoms with E-state index in [1.165, 1.54) is 32.1 Å². The minimum atomic E-state index is -2.30. The second kappa shape index (κ2) is 7.44. The van der Waals surface area contributed by atoms with Crippen LogP contribution in [0, 0.1) is 0 Å². The van der Waals surface area contributed by atoms with Crippen LogP contribution in [0.3, 0.4) is 0 Å². The topological polar surface area (TPSA) is 3.24 Å². The van der Waals surface area contributed by atoms with Crippen LogP contribution in [0.2, 0.25) is 0 Å². The molecule has 1 aliphatic heterocycles. The molecule has 1 unspecified atom stereocenters. The SMILES string of the molecule is CCN(CC[SH]1C=CC(C(F)F)=C1)C1CCCCC1. The molecule has 2 aliphatic rings. The van der Waals surface area contributed by atoms with E-state index in [4.69, 9.17) is 0 Å². The number of nitrogens with zero attached hydrogens (tertiary/aromatic N) is 1. The van der Waals surface area contributed by atoms with Gasteiger partial charge >= 0.3 is 0 Å². The number of hydrogen-bond acceptors (Lipinski definition) is 1. The van der Waals surface area contributed by atoms with Gasteiger partial charge in [0.25, 0.3) is 6.43 Å². The van der Waals surface area contributed by atoms with E-state index in [0.29, 0.717) is 0 Å². The number of hydrogen-bond donors (Lipinski definition) is 1. The molecule has 1 atom stereocenters. The summed E-state index contributed by atoms with van der Waals surface area (Å²) in [6.07, 6.45) is 6.04. The highest BCUT2D eigenvalue weighted by Gasteiger charge is 2.20. The van der Waals surface area contributed by atoms with Crippen LogP contribution >= 0.6 is 10.9 Å². The molecule has 0 spiro atoms. The summed E-state index contributed by atoms with van der Waals surface area (Å²) in [6.45, 7) is 4.36. The zero-order valence-corrected chi connectivity index (χ0v) is 12.6. The Balaban J connectivity index is 1.79. The zero-order valence-electron chi connectivity index (χ0n) is 11.7. The van der Waals surface area contributed by atoms with Crippen molar-refractivity contribution in [3.05, 3.63) is 22.5 Å². The lowest BCUT2D eigenvalue weighted by molar-refractivity contribution is 0.173. The van der Waals surface area contributed by atoms with Crippen molar-refractivity contribution in [1.29, 1.82) is 0 Å². The standard InChI is InChI=1S/C15H25F2NS/c1-2-18(14-6-4-3-5-7-14)9-11-19-10-8-13(12-19)15(16)17/h8,10,12,14-15,19H,2-7,9,11H2,1H3. The molecule has 0 aromatic heterocycles. The lowest BCUT2D eigenvalue weighted by Crippen LogP contribution is -2.38. The summed E-state index contributed by atoms with van der Waals surface area (Å²) in [7, 11) is -0.440. The Morgan fingerprint density at radius 2 is 2.05 bits per heavy atom. The first-order valence-corrected chi connectivity index (χ1v) is 9.05. The normalized spacial score (nSPS) is 26.4. The summed E-state index contributed by atoms with van der Waals surface area (Å²) in [5.74, 6) is 1.03. The lowest BCUT2D eigenvalue weighted by Gasteiger charge is -2.34. The molecule has 0 radical (unpaired) electrons. The van der Waals surface area contributed by atoms with Gasteiger partial charge in [-0.15, -0.1) is 0 Å². The molecule has 0 aromatic rings. The maximum absolute atomic E-state index is 12.5. The molecule has 19 heavy (non-hydrogen) atoms. The highest BCUT2D eigenvalue weighted by molar-refractivity contribution is 8.22. The molecule has 1 nitrogen and oxygen atoms in total. The summed E-state index contributed by atoms with van der Waals surface area (Å²) < 4.78 is 25.1. The zero-order chi connectivity index (χ0) is 13.7. The van der Waals surface area contributed by atoms with E-state index in [9.17, 15) is 8.78 Å². The summed E-state index contributed by atoms with van der Waals surface area (Å²) >= 11 is 0. The van der Waals surface area contributed by atoms with Gasteiger partial charge < -0.3 is 0 Å². The molecule has 1 aliphatic carbocycles. The summed E-state index contributed by atoms with van der Waals surface area (Å²) in [5, 5.41) is 3.79. The van der Waals surface area contributed by atoms with E-state index >= 15 is 0 Å². The quantitative estimate of drug-likeness (QED) is 0.713. The largest absolute Gasteiger partial charge is 0.300 e. The molecule has 110 valence electrons. The molecule has 4 heteroatoms. The van der Waals surface area contributed by atoms with Crippen molar-refractivity contribution in [2.45, 2.75) is 51.5 Å². The van der Waals surface area contributed by atoms with Crippen LogP contribution in [0.15, 0.2) is 22.5 Å². The van der Waals surface area contributed by atoms with Gasteiger partial charge in [0.1, 0.15) is 0 Å². The average molecular weight is 289 g/mol. The summed E-state index contributed by atoms with van der Waals surface area (Å²) in [4.78, 5) is 2.56. The molecule has 0 saturated heterocycles. The lowest BCUT2D eigenvalue weighted by atomic mass is 9.94. The maximum Gasteiger partial charge on any atom is 0.264 e. The molecule has 1 saturated carbocycles. The number of rotatable bonds is 6. The molecule has 0 amide bonds. The van der Waals surface area contributed by atoms with Crippen molar-refractivity contribution >= 4 is 10.9 Å². The van der Waals surface area contributed by atoms with E-state index < -0.39 is 17.3 Å². The molecule has 0 aromatic carbocycles. The van der Waals surface area contributed by atoms with E-state index in [-0.39, 0.29) is 5.57 Å². The first-order valence-electron chi connectivity index (χ1n) is 7.38. The van der Waals surface area contributed by atoms with Crippen LogP contribution in [0.25, 0.3) is 0 Å². The Morgan fingerprint density at radius 3 is 2.63 bits per heavy atom.